The number of amides is 1. The second-order valence-electron chi connectivity index (χ2n) is 5.00. The molecule has 2 aromatic rings. The van der Waals surface area contributed by atoms with E-state index in [0.717, 1.165) is 5.69 Å². The molecular weight excluding hydrogens is 334 g/mol. The van der Waals surface area contributed by atoms with Gasteiger partial charge in [0.2, 0.25) is 5.91 Å². The smallest absolute Gasteiger partial charge is 0.228 e. The van der Waals surface area contributed by atoms with Gasteiger partial charge < -0.3 is 4.90 Å². The lowest BCUT2D eigenvalue weighted by Crippen LogP contribution is -2.31. The van der Waals surface area contributed by atoms with Crippen LogP contribution in [0.1, 0.15) is 13.3 Å². The number of halogens is 1. The monoisotopic (exact) mass is 351 g/mol. The zero-order chi connectivity index (χ0) is 16.9. The number of rotatable bonds is 6. The number of nitrogens with zero attached hydrogens (tertiary/aromatic N) is 1. The minimum Gasteiger partial charge on any atom is -0.313 e. The molecule has 0 unspecified atom stereocenters. The summed E-state index contributed by atoms with van der Waals surface area (Å²) >= 11 is 5.83. The van der Waals surface area contributed by atoms with Crippen molar-refractivity contribution in [2.45, 2.75) is 18.2 Å². The Morgan fingerprint density at radius 2 is 1.78 bits per heavy atom. The Morgan fingerprint density at radius 1 is 1.09 bits per heavy atom. The van der Waals surface area contributed by atoms with E-state index in [1.807, 2.05) is 37.3 Å². The van der Waals surface area contributed by atoms with Crippen molar-refractivity contribution in [1.29, 1.82) is 0 Å². The molecule has 0 saturated heterocycles. The van der Waals surface area contributed by atoms with Gasteiger partial charge in [0.05, 0.1) is 10.6 Å². The van der Waals surface area contributed by atoms with Gasteiger partial charge in [-0.2, -0.15) is 0 Å². The van der Waals surface area contributed by atoms with Gasteiger partial charge in [0.15, 0.2) is 9.84 Å². The second kappa shape index (κ2) is 7.62. The molecule has 23 heavy (non-hydrogen) atoms. The van der Waals surface area contributed by atoms with Gasteiger partial charge in [0, 0.05) is 23.7 Å². The molecule has 0 heterocycles. The van der Waals surface area contributed by atoms with Crippen LogP contribution in [0, 0.1) is 0 Å². The van der Waals surface area contributed by atoms with Gasteiger partial charge in [-0.25, -0.2) is 8.42 Å². The van der Waals surface area contributed by atoms with Crippen molar-refractivity contribution < 1.29 is 13.2 Å². The van der Waals surface area contributed by atoms with E-state index in [4.69, 9.17) is 11.6 Å². The van der Waals surface area contributed by atoms with Gasteiger partial charge >= 0.3 is 0 Å². The molecule has 0 N–H and O–H groups in total. The molecule has 0 aliphatic carbocycles. The fourth-order valence-corrected chi connectivity index (χ4v) is 3.77. The summed E-state index contributed by atoms with van der Waals surface area (Å²) in [6.07, 6.45) is -0.0718. The van der Waals surface area contributed by atoms with Gasteiger partial charge in [-0.05, 0) is 37.3 Å². The van der Waals surface area contributed by atoms with E-state index >= 15 is 0 Å². The normalized spacial score (nSPS) is 11.2. The highest BCUT2D eigenvalue weighted by atomic mass is 35.5. The van der Waals surface area contributed by atoms with Crippen LogP contribution in [0.4, 0.5) is 5.69 Å². The molecule has 0 saturated carbocycles. The van der Waals surface area contributed by atoms with Gasteiger partial charge in [-0.15, -0.1) is 0 Å². The van der Waals surface area contributed by atoms with E-state index in [-0.39, 0.29) is 23.0 Å². The van der Waals surface area contributed by atoms with Crippen LogP contribution in [0.25, 0.3) is 0 Å². The number of sulfone groups is 1. The molecule has 2 aromatic carbocycles. The van der Waals surface area contributed by atoms with Crippen LogP contribution in [0.15, 0.2) is 59.5 Å². The lowest BCUT2D eigenvalue weighted by atomic mass is 10.2. The number of hydrogen-bond acceptors (Lipinski definition) is 3. The molecule has 6 heteroatoms. The Hall–Kier alpha value is -1.85. The lowest BCUT2D eigenvalue weighted by Gasteiger charge is -2.21. The summed E-state index contributed by atoms with van der Waals surface area (Å²) in [5.74, 6) is -0.459. The molecule has 0 bridgehead atoms. The highest BCUT2D eigenvalue weighted by Gasteiger charge is 2.20. The van der Waals surface area contributed by atoms with Gasteiger partial charge in [-0.3, -0.25) is 4.79 Å². The highest BCUT2D eigenvalue weighted by molar-refractivity contribution is 7.91. The predicted octanol–water partition coefficient (Wildman–Crippen LogP) is 3.56. The summed E-state index contributed by atoms with van der Waals surface area (Å²) in [6, 6.07) is 15.3. The van der Waals surface area contributed by atoms with Gasteiger partial charge in [0.1, 0.15) is 0 Å². The molecule has 0 fully saturated rings. The van der Waals surface area contributed by atoms with Crippen LogP contribution in [0.5, 0.6) is 0 Å². The molecule has 0 aliphatic heterocycles. The first-order valence-corrected chi connectivity index (χ1v) is 9.31. The first kappa shape index (κ1) is 17.5. The standard InChI is InChI=1S/C17H18ClNO3S/c1-2-19(15-8-4-3-5-9-15)17(20)11-12-23(21,22)16-10-6-7-14(18)13-16/h3-10,13H,2,11-12H2,1H3. The minimum absolute atomic E-state index is 0.0718. The van der Waals surface area contributed by atoms with E-state index in [9.17, 15) is 13.2 Å². The van der Waals surface area contributed by atoms with Crippen molar-refractivity contribution in [3.8, 4) is 0 Å². The van der Waals surface area contributed by atoms with Crippen molar-refractivity contribution in [2.75, 3.05) is 17.2 Å². The first-order valence-electron chi connectivity index (χ1n) is 7.28. The third kappa shape index (κ3) is 4.56. The van der Waals surface area contributed by atoms with E-state index in [0.29, 0.717) is 11.6 Å². The van der Waals surface area contributed by atoms with Crippen molar-refractivity contribution in [1.82, 2.24) is 0 Å². The molecular formula is C17H18ClNO3S. The summed E-state index contributed by atoms with van der Waals surface area (Å²) in [7, 11) is -3.53. The number of carbonyl (C=O) groups excluding carboxylic acids is 1. The van der Waals surface area contributed by atoms with Gasteiger partial charge in [0.25, 0.3) is 0 Å². The second-order valence-corrected chi connectivity index (χ2v) is 7.55. The van der Waals surface area contributed by atoms with E-state index in [1.54, 1.807) is 17.0 Å². The fourth-order valence-electron chi connectivity index (χ4n) is 2.25. The number of carbonyl (C=O) groups is 1. The summed E-state index contributed by atoms with van der Waals surface area (Å²) < 4.78 is 24.6. The van der Waals surface area contributed by atoms with Crippen LogP contribution in [-0.2, 0) is 14.6 Å². The van der Waals surface area contributed by atoms with Crippen molar-refractivity contribution in [3.05, 3.63) is 59.6 Å². The van der Waals surface area contributed by atoms with E-state index < -0.39 is 9.84 Å². The first-order chi connectivity index (χ1) is 10.9. The Balaban J connectivity index is 2.08. The average molecular weight is 352 g/mol. The minimum atomic E-state index is -3.53. The maximum Gasteiger partial charge on any atom is 0.228 e. The maximum absolute atomic E-state index is 12.4. The average Bonchev–Trinajstić information content (AvgIpc) is 2.55. The topological polar surface area (TPSA) is 54.5 Å². The number of para-hydroxylation sites is 1. The molecule has 1 amide bonds. The third-order valence-electron chi connectivity index (χ3n) is 3.43. The molecule has 122 valence electrons. The summed E-state index contributed by atoms with van der Waals surface area (Å²) in [4.78, 5) is 14.1. The summed E-state index contributed by atoms with van der Waals surface area (Å²) in [6.45, 7) is 2.34. The van der Waals surface area contributed by atoms with Crippen LogP contribution in [0.3, 0.4) is 0 Å². The number of anilines is 1. The fraction of sp³-hybridized carbons (Fsp3) is 0.235. The lowest BCUT2D eigenvalue weighted by molar-refractivity contribution is -0.118. The number of benzene rings is 2. The molecule has 0 aromatic heterocycles. The maximum atomic E-state index is 12.4. The van der Waals surface area contributed by atoms with Crippen LogP contribution >= 0.6 is 11.6 Å². The molecule has 0 spiro atoms. The molecule has 4 nitrogen and oxygen atoms in total. The largest absolute Gasteiger partial charge is 0.313 e. The Bertz CT molecular complexity index is 775. The zero-order valence-electron chi connectivity index (χ0n) is 12.8. The zero-order valence-corrected chi connectivity index (χ0v) is 14.3. The van der Waals surface area contributed by atoms with E-state index in [1.165, 1.54) is 12.1 Å². The highest BCUT2D eigenvalue weighted by Crippen LogP contribution is 2.19. The van der Waals surface area contributed by atoms with Crippen LogP contribution in [0.2, 0.25) is 5.02 Å². The predicted molar refractivity (Wildman–Crippen MR) is 92.6 cm³/mol. The molecule has 0 aliphatic rings. The quantitative estimate of drug-likeness (QED) is 0.799. The van der Waals surface area contributed by atoms with Crippen molar-refractivity contribution in [3.63, 3.8) is 0 Å². The number of hydrogen-bond donors (Lipinski definition) is 0. The third-order valence-corrected chi connectivity index (χ3v) is 5.37. The van der Waals surface area contributed by atoms with Crippen LogP contribution in [-0.4, -0.2) is 26.6 Å². The van der Waals surface area contributed by atoms with Crippen molar-refractivity contribution >= 4 is 33.0 Å². The van der Waals surface area contributed by atoms with Crippen molar-refractivity contribution in [2.24, 2.45) is 0 Å². The molecule has 2 rings (SSSR count). The SMILES string of the molecule is CCN(C(=O)CCS(=O)(=O)c1cccc(Cl)c1)c1ccccc1. The Kier molecular flexibility index (Phi) is 5.80. The Labute approximate surface area is 141 Å². The van der Waals surface area contributed by atoms with Gasteiger partial charge in [-0.1, -0.05) is 35.9 Å². The molecule has 0 radical (unpaired) electrons. The van der Waals surface area contributed by atoms with E-state index in [2.05, 4.69) is 0 Å². The summed E-state index contributed by atoms with van der Waals surface area (Å²) in [5.41, 5.74) is 0.764. The Morgan fingerprint density at radius 3 is 2.39 bits per heavy atom. The van der Waals surface area contributed by atoms with Crippen LogP contribution < -0.4 is 4.90 Å². The molecule has 0 atom stereocenters. The summed E-state index contributed by atoms with van der Waals surface area (Å²) in [5, 5.41) is 0.358.